The Hall–Kier alpha value is -3.13. The largest absolute Gasteiger partial charge is 0.388 e. The van der Waals surface area contributed by atoms with Gasteiger partial charge in [0.1, 0.15) is 11.6 Å². The fourth-order valence-corrected chi connectivity index (χ4v) is 3.84. The van der Waals surface area contributed by atoms with Gasteiger partial charge >= 0.3 is 6.03 Å². The van der Waals surface area contributed by atoms with Crippen molar-refractivity contribution in [2.75, 3.05) is 22.6 Å². The Morgan fingerprint density at radius 1 is 1.13 bits per heavy atom. The van der Waals surface area contributed by atoms with E-state index in [4.69, 9.17) is 11.6 Å². The molecule has 0 unspecified atom stereocenters. The molecule has 1 aliphatic rings. The SMILES string of the molecule is CNc1ccc(N(Cc2nnc3n2CCCCC3)C(=O)Nc2ccc(F)c(Cl)c2)cc1. The van der Waals surface area contributed by atoms with E-state index >= 15 is 0 Å². The lowest BCUT2D eigenvalue weighted by molar-refractivity contribution is 0.256. The van der Waals surface area contributed by atoms with Crippen LogP contribution in [0.5, 0.6) is 0 Å². The Morgan fingerprint density at radius 3 is 2.65 bits per heavy atom. The average molecular weight is 443 g/mol. The molecule has 0 atom stereocenters. The normalized spacial score (nSPS) is 13.3. The maximum absolute atomic E-state index is 13.5. The third kappa shape index (κ3) is 4.80. The smallest absolute Gasteiger partial charge is 0.326 e. The van der Waals surface area contributed by atoms with E-state index in [9.17, 15) is 9.18 Å². The third-order valence-electron chi connectivity index (χ3n) is 5.37. The predicted octanol–water partition coefficient (Wildman–Crippen LogP) is 5.08. The number of urea groups is 1. The summed E-state index contributed by atoms with van der Waals surface area (Å²) in [6.45, 7) is 1.10. The van der Waals surface area contributed by atoms with E-state index in [1.807, 2.05) is 31.3 Å². The van der Waals surface area contributed by atoms with Gasteiger partial charge in [-0.1, -0.05) is 18.0 Å². The monoisotopic (exact) mass is 442 g/mol. The van der Waals surface area contributed by atoms with Gasteiger partial charge in [-0.2, -0.15) is 0 Å². The Labute approximate surface area is 185 Å². The highest BCUT2D eigenvalue weighted by atomic mass is 35.5. The summed E-state index contributed by atoms with van der Waals surface area (Å²) in [6, 6.07) is 11.2. The minimum atomic E-state index is -0.537. The number of nitrogens with zero attached hydrogens (tertiary/aromatic N) is 4. The van der Waals surface area contributed by atoms with E-state index in [0.717, 1.165) is 49.6 Å². The number of hydrogen-bond acceptors (Lipinski definition) is 4. The summed E-state index contributed by atoms with van der Waals surface area (Å²) >= 11 is 5.87. The maximum Gasteiger partial charge on any atom is 0.326 e. The van der Waals surface area contributed by atoms with Gasteiger partial charge in [0.25, 0.3) is 0 Å². The van der Waals surface area contributed by atoms with Crippen molar-refractivity contribution >= 4 is 34.7 Å². The summed E-state index contributed by atoms with van der Waals surface area (Å²) in [5.74, 6) is 1.16. The number of carbonyl (C=O) groups is 1. The topological polar surface area (TPSA) is 75.1 Å². The van der Waals surface area contributed by atoms with Crippen LogP contribution in [-0.2, 0) is 19.5 Å². The molecule has 1 aromatic heterocycles. The molecule has 0 saturated heterocycles. The van der Waals surface area contributed by atoms with Gasteiger partial charge in [-0.3, -0.25) is 4.90 Å². The van der Waals surface area contributed by atoms with Crippen molar-refractivity contribution in [1.82, 2.24) is 14.8 Å². The lowest BCUT2D eigenvalue weighted by Crippen LogP contribution is -2.35. The molecule has 4 rings (SSSR count). The maximum atomic E-state index is 13.5. The first-order valence-corrected chi connectivity index (χ1v) is 10.7. The molecule has 0 bridgehead atoms. The van der Waals surface area contributed by atoms with Crippen molar-refractivity contribution in [2.24, 2.45) is 0 Å². The Bertz CT molecular complexity index is 1070. The predicted molar refractivity (Wildman–Crippen MR) is 120 cm³/mol. The molecular formula is C22H24ClFN6O. The number of halogens is 2. The van der Waals surface area contributed by atoms with E-state index in [0.29, 0.717) is 11.4 Å². The van der Waals surface area contributed by atoms with Gasteiger partial charge < -0.3 is 15.2 Å². The zero-order valence-corrected chi connectivity index (χ0v) is 18.0. The lowest BCUT2D eigenvalue weighted by Gasteiger charge is -2.23. The molecule has 9 heteroatoms. The van der Waals surface area contributed by atoms with Gasteiger partial charge in [0.05, 0.1) is 11.6 Å². The number of nitrogens with one attached hydrogen (secondary N) is 2. The third-order valence-corrected chi connectivity index (χ3v) is 5.66. The number of hydrogen-bond donors (Lipinski definition) is 2. The number of fused-ring (bicyclic) bond motifs is 1. The van der Waals surface area contributed by atoms with Crippen LogP contribution in [-0.4, -0.2) is 27.8 Å². The summed E-state index contributed by atoms with van der Waals surface area (Å²) in [6.07, 6.45) is 4.21. The van der Waals surface area contributed by atoms with E-state index in [1.54, 1.807) is 4.90 Å². The molecule has 31 heavy (non-hydrogen) atoms. The number of carbonyl (C=O) groups excluding carboxylic acids is 1. The second-order valence-corrected chi connectivity index (χ2v) is 7.84. The molecule has 2 aromatic carbocycles. The summed E-state index contributed by atoms with van der Waals surface area (Å²) in [4.78, 5) is 14.8. The van der Waals surface area contributed by atoms with Crippen molar-refractivity contribution in [3.63, 3.8) is 0 Å². The van der Waals surface area contributed by atoms with Crippen LogP contribution >= 0.6 is 11.6 Å². The minimum absolute atomic E-state index is 0.0505. The van der Waals surface area contributed by atoms with Crippen LogP contribution < -0.4 is 15.5 Å². The summed E-state index contributed by atoms with van der Waals surface area (Å²) in [7, 11) is 1.84. The highest BCUT2D eigenvalue weighted by Gasteiger charge is 2.22. The van der Waals surface area contributed by atoms with Crippen LogP contribution in [0.3, 0.4) is 0 Å². The van der Waals surface area contributed by atoms with Crippen molar-refractivity contribution in [1.29, 1.82) is 0 Å². The first kappa shape index (κ1) is 21.1. The molecule has 0 saturated carbocycles. The highest BCUT2D eigenvalue weighted by molar-refractivity contribution is 6.31. The molecule has 7 nitrogen and oxygen atoms in total. The second-order valence-electron chi connectivity index (χ2n) is 7.44. The number of benzene rings is 2. The molecule has 2 N–H and O–H groups in total. The first-order chi connectivity index (χ1) is 15.0. The molecule has 0 fully saturated rings. The van der Waals surface area contributed by atoms with Crippen LogP contribution in [0.1, 0.15) is 30.9 Å². The van der Waals surface area contributed by atoms with Crippen LogP contribution in [0, 0.1) is 5.82 Å². The van der Waals surface area contributed by atoms with Crippen molar-refractivity contribution in [3.05, 3.63) is 65.0 Å². The van der Waals surface area contributed by atoms with Gasteiger partial charge in [-0.15, -0.1) is 10.2 Å². The van der Waals surface area contributed by atoms with E-state index in [1.165, 1.54) is 18.2 Å². The zero-order valence-electron chi connectivity index (χ0n) is 17.2. The lowest BCUT2D eigenvalue weighted by atomic mass is 10.2. The average Bonchev–Trinajstić information content (AvgIpc) is 3.00. The second kappa shape index (κ2) is 9.34. The fraction of sp³-hybridized carbons (Fsp3) is 0.318. The summed E-state index contributed by atoms with van der Waals surface area (Å²) in [5, 5.41) is 14.5. The summed E-state index contributed by atoms with van der Waals surface area (Å²) in [5.41, 5.74) is 2.05. The molecule has 3 aromatic rings. The number of rotatable bonds is 5. The number of aryl methyl sites for hydroxylation is 1. The Morgan fingerprint density at radius 2 is 1.90 bits per heavy atom. The summed E-state index contributed by atoms with van der Waals surface area (Å²) < 4.78 is 15.6. The van der Waals surface area contributed by atoms with Gasteiger partial charge in [0, 0.05) is 37.1 Å². The van der Waals surface area contributed by atoms with Crippen molar-refractivity contribution in [2.45, 2.75) is 38.8 Å². The molecule has 2 heterocycles. The van der Waals surface area contributed by atoms with Gasteiger partial charge in [-0.25, -0.2) is 9.18 Å². The van der Waals surface area contributed by atoms with E-state index in [2.05, 4.69) is 25.4 Å². The molecular weight excluding hydrogens is 419 g/mol. The van der Waals surface area contributed by atoms with Crippen LogP contribution in [0.25, 0.3) is 0 Å². The van der Waals surface area contributed by atoms with Gasteiger partial charge in [-0.05, 0) is 55.3 Å². The first-order valence-electron chi connectivity index (χ1n) is 10.3. The molecule has 0 aliphatic carbocycles. The van der Waals surface area contributed by atoms with Crippen molar-refractivity contribution < 1.29 is 9.18 Å². The highest BCUT2D eigenvalue weighted by Crippen LogP contribution is 2.24. The molecule has 1 aliphatic heterocycles. The van der Waals surface area contributed by atoms with E-state index in [-0.39, 0.29) is 17.6 Å². The molecule has 2 amide bonds. The number of amides is 2. The van der Waals surface area contributed by atoms with Gasteiger partial charge in [0.2, 0.25) is 0 Å². The van der Waals surface area contributed by atoms with Crippen LogP contribution in [0.2, 0.25) is 5.02 Å². The van der Waals surface area contributed by atoms with Crippen molar-refractivity contribution in [3.8, 4) is 0 Å². The van der Waals surface area contributed by atoms with Gasteiger partial charge in [0.15, 0.2) is 5.82 Å². The molecule has 0 spiro atoms. The quantitative estimate of drug-likeness (QED) is 0.578. The van der Waals surface area contributed by atoms with Crippen LogP contribution in [0.15, 0.2) is 42.5 Å². The fourth-order valence-electron chi connectivity index (χ4n) is 3.66. The zero-order chi connectivity index (χ0) is 21.8. The number of aromatic nitrogens is 3. The Balaban J connectivity index is 1.63. The van der Waals surface area contributed by atoms with E-state index < -0.39 is 5.82 Å². The standard InChI is InChI=1S/C22H24ClFN6O/c1-25-15-6-9-17(10-7-15)30(22(31)26-16-8-11-19(24)18(23)13-16)14-21-28-27-20-5-3-2-4-12-29(20)21/h6-11,13,25H,2-5,12,14H2,1H3,(H,26,31). The molecule has 0 radical (unpaired) electrons. The Kier molecular flexibility index (Phi) is 6.36. The van der Waals surface area contributed by atoms with Crippen LogP contribution in [0.4, 0.5) is 26.2 Å². The minimum Gasteiger partial charge on any atom is -0.388 e. The molecule has 162 valence electrons. The number of anilines is 3.